The van der Waals surface area contributed by atoms with Crippen molar-refractivity contribution in [3.63, 3.8) is 0 Å². The fraction of sp³-hybridized carbons (Fsp3) is 0.333. The quantitative estimate of drug-likeness (QED) is 0.647. The first-order chi connectivity index (χ1) is 14.8. The number of amides is 1. The highest BCUT2D eigenvalue weighted by atomic mass is 32.2. The number of esters is 1. The standard InChI is InChI=1S/C21H24N2O7S/c1-28-15-11-14(12-16(13-15)29-2)20(24)22-17-7-4-5-9-19(17)31(26,27)23-10-6-8-18(23)21(25)30-3/h4-5,7,9,11-13,18H,6,8,10H2,1-3H3,(H,22,24)/t18-/m1/s1. The zero-order chi connectivity index (χ0) is 22.6. The van der Waals surface area contributed by atoms with Crippen LogP contribution in [0, 0.1) is 0 Å². The maximum atomic E-state index is 13.3. The van der Waals surface area contributed by atoms with Crippen LogP contribution in [0.4, 0.5) is 5.69 Å². The SMILES string of the molecule is COC(=O)[C@H]1CCCN1S(=O)(=O)c1ccccc1NC(=O)c1cc(OC)cc(OC)c1. The molecular weight excluding hydrogens is 424 g/mol. The number of rotatable bonds is 7. The number of para-hydroxylation sites is 1. The average Bonchev–Trinajstić information content (AvgIpc) is 3.29. The van der Waals surface area contributed by atoms with Gasteiger partial charge in [0.05, 0.1) is 27.0 Å². The topological polar surface area (TPSA) is 111 Å². The summed E-state index contributed by atoms with van der Waals surface area (Å²) in [7, 11) is 0.0943. The van der Waals surface area contributed by atoms with Crippen molar-refractivity contribution in [3.05, 3.63) is 48.0 Å². The van der Waals surface area contributed by atoms with Crippen LogP contribution in [-0.4, -0.2) is 58.5 Å². The van der Waals surface area contributed by atoms with E-state index < -0.39 is 27.9 Å². The van der Waals surface area contributed by atoms with Gasteiger partial charge in [-0.1, -0.05) is 12.1 Å². The van der Waals surface area contributed by atoms with E-state index in [4.69, 9.17) is 14.2 Å². The molecule has 1 aliphatic rings. The Labute approximate surface area is 181 Å². The maximum Gasteiger partial charge on any atom is 0.324 e. The fourth-order valence-corrected chi connectivity index (χ4v) is 5.25. The number of methoxy groups -OCH3 is 3. The van der Waals surface area contributed by atoms with Crippen molar-refractivity contribution in [2.45, 2.75) is 23.8 Å². The van der Waals surface area contributed by atoms with Gasteiger partial charge in [-0.3, -0.25) is 9.59 Å². The van der Waals surface area contributed by atoms with Crippen LogP contribution in [0.15, 0.2) is 47.4 Å². The maximum absolute atomic E-state index is 13.3. The smallest absolute Gasteiger partial charge is 0.324 e. The third kappa shape index (κ3) is 4.64. The number of nitrogens with one attached hydrogen (secondary N) is 1. The second kappa shape index (κ2) is 9.36. The summed E-state index contributed by atoms with van der Waals surface area (Å²) in [6, 6.07) is 9.82. The summed E-state index contributed by atoms with van der Waals surface area (Å²) in [5, 5.41) is 2.65. The van der Waals surface area contributed by atoms with Crippen LogP contribution in [-0.2, 0) is 19.6 Å². The summed E-state index contributed by atoms with van der Waals surface area (Å²) >= 11 is 0. The summed E-state index contributed by atoms with van der Waals surface area (Å²) < 4.78 is 42.9. The van der Waals surface area contributed by atoms with Crippen molar-refractivity contribution >= 4 is 27.6 Å². The molecule has 3 rings (SSSR count). The van der Waals surface area contributed by atoms with Gasteiger partial charge in [-0.2, -0.15) is 4.31 Å². The largest absolute Gasteiger partial charge is 0.497 e. The summed E-state index contributed by atoms with van der Waals surface area (Å²) in [5.74, 6) is -0.302. The number of anilines is 1. The minimum atomic E-state index is -4.06. The molecule has 2 aromatic rings. The molecule has 1 fully saturated rings. The van der Waals surface area contributed by atoms with Crippen LogP contribution in [0.2, 0.25) is 0 Å². The third-order valence-corrected chi connectivity index (χ3v) is 6.98. The number of benzene rings is 2. The fourth-order valence-electron chi connectivity index (χ4n) is 3.45. The van der Waals surface area contributed by atoms with E-state index in [1.807, 2.05) is 0 Å². The summed E-state index contributed by atoms with van der Waals surface area (Å²) in [4.78, 5) is 24.8. The number of nitrogens with zero attached hydrogens (tertiary/aromatic N) is 1. The molecule has 0 bridgehead atoms. The third-order valence-electron chi connectivity index (χ3n) is 5.01. The zero-order valence-electron chi connectivity index (χ0n) is 17.5. The van der Waals surface area contributed by atoms with Crippen LogP contribution in [0.25, 0.3) is 0 Å². The molecule has 2 aromatic carbocycles. The Morgan fingerprint density at radius 1 is 1.03 bits per heavy atom. The number of ether oxygens (including phenoxy) is 3. The van der Waals surface area contributed by atoms with Gasteiger partial charge in [0.1, 0.15) is 22.4 Å². The lowest BCUT2D eigenvalue weighted by Crippen LogP contribution is -2.41. The van der Waals surface area contributed by atoms with E-state index in [2.05, 4.69) is 5.32 Å². The second-order valence-electron chi connectivity index (χ2n) is 6.85. The number of hydrogen-bond acceptors (Lipinski definition) is 7. The first-order valence-corrected chi connectivity index (χ1v) is 11.0. The number of sulfonamides is 1. The molecule has 1 N–H and O–H groups in total. The van der Waals surface area contributed by atoms with Gasteiger partial charge in [0.15, 0.2) is 0 Å². The Kier molecular flexibility index (Phi) is 6.81. The normalized spacial score (nSPS) is 16.5. The molecule has 10 heteroatoms. The Balaban J connectivity index is 1.94. The first kappa shape index (κ1) is 22.6. The van der Waals surface area contributed by atoms with Gasteiger partial charge in [-0.25, -0.2) is 8.42 Å². The van der Waals surface area contributed by atoms with E-state index in [1.54, 1.807) is 18.2 Å². The monoisotopic (exact) mass is 448 g/mol. The minimum Gasteiger partial charge on any atom is -0.497 e. The molecule has 0 unspecified atom stereocenters. The molecule has 0 saturated carbocycles. The average molecular weight is 448 g/mol. The van der Waals surface area contributed by atoms with Crippen LogP contribution >= 0.6 is 0 Å². The highest BCUT2D eigenvalue weighted by Crippen LogP contribution is 2.31. The van der Waals surface area contributed by atoms with E-state index in [1.165, 1.54) is 45.6 Å². The predicted molar refractivity (Wildman–Crippen MR) is 113 cm³/mol. The predicted octanol–water partition coefficient (Wildman–Crippen LogP) is 2.28. The van der Waals surface area contributed by atoms with Gasteiger partial charge in [-0.15, -0.1) is 0 Å². The molecule has 166 valence electrons. The summed E-state index contributed by atoms with van der Waals surface area (Å²) in [5.41, 5.74) is 0.335. The van der Waals surface area contributed by atoms with Crippen molar-refractivity contribution in [3.8, 4) is 11.5 Å². The van der Waals surface area contributed by atoms with Crippen molar-refractivity contribution in [1.29, 1.82) is 0 Å². The van der Waals surface area contributed by atoms with Crippen molar-refractivity contribution in [1.82, 2.24) is 4.31 Å². The highest BCUT2D eigenvalue weighted by molar-refractivity contribution is 7.89. The van der Waals surface area contributed by atoms with Gasteiger partial charge in [0.2, 0.25) is 10.0 Å². The molecule has 9 nitrogen and oxygen atoms in total. The lowest BCUT2D eigenvalue weighted by Gasteiger charge is -2.23. The lowest BCUT2D eigenvalue weighted by atomic mass is 10.2. The van der Waals surface area contributed by atoms with Crippen LogP contribution in [0.3, 0.4) is 0 Å². The Morgan fingerprint density at radius 2 is 1.68 bits per heavy atom. The highest BCUT2D eigenvalue weighted by Gasteiger charge is 2.41. The molecule has 0 radical (unpaired) electrons. The van der Waals surface area contributed by atoms with Gasteiger partial charge in [-0.05, 0) is 37.1 Å². The number of carbonyl (C=O) groups excluding carboxylic acids is 2. The molecule has 0 aliphatic carbocycles. The van der Waals surface area contributed by atoms with Gasteiger partial charge in [0, 0.05) is 18.2 Å². The molecule has 1 amide bonds. The number of hydrogen-bond donors (Lipinski definition) is 1. The summed E-state index contributed by atoms with van der Waals surface area (Å²) in [6.45, 7) is 0.192. The van der Waals surface area contributed by atoms with E-state index in [0.29, 0.717) is 24.3 Å². The van der Waals surface area contributed by atoms with E-state index in [9.17, 15) is 18.0 Å². The van der Waals surface area contributed by atoms with Gasteiger partial charge < -0.3 is 19.5 Å². The Hall–Kier alpha value is -3.11. The Bertz CT molecular complexity index is 1060. The molecule has 1 saturated heterocycles. The second-order valence-corrected chi connectivity index (χ2v) is 8.71. The minimum absolute atomic E-state index is 0.102. The summed E-state index contributed by atoms with van der Waals surface area (Å²) in [6.07, 6.45) is 0.918. The van der Waals surface area contributed by atoms with Gasteiger partial charge in [0.25, 0.3) is 5.91 Å². The van der Waals surface area contributed by atoms with E-state index >= 15 is 0 Å². The van der Waals surface area contributed by atoms with Crippen molar-refractivity contribution < 1.29 is 32.2 Å². The van der Waals surface area contributed by atoms with Crippen LogP contribution < -0.4 is 14.8 Å². The molecule has 31 heavy (non-hydrogen) atoms. The molecule has 1 aliphatic heterocycles. The van der Waals surface area contributed by atoms with Gasteiger partial charge >= 0.3 is 5.97 Å². The molecule has 0 aromatic heterocycles. The zero-order valence-corrected chi connectivity index (χ0v) is 18.3. The van der Waals surface area contributed by atoms with Crippen molar-refractivity contribution in [2.24, 2.45) is 0 Å². The number of carbonyl (C=O) groups is 2. The van der Waals surface area contributed by atoms with Crippen LogP contribution in [0.1, 0.15) is 23.2 Å². The molecule has 1 atom stereocenters. The van der Waals surface area contributed by atoms with E-state index in [-0.39, 0.29) is 22.7 Å². The molecular formula is C21H24N2O7S. The van der Waals surface area contributed by atoms with E-state index in [0.717, 1.165) is 4.31 Å². The van der Waals surface area contributed by atoms with Crippen LogP contribution in [0.5, 0.6) is 11.5 Å². The Morgan fingerprint density at radius 3 is 2.29 bits per heavy atom. The molecule has 0 spiro atoms. The lowest BCUT2D eigenvalue weighted by molar-refractivity contribution is -0.144. The molecule has 1 heterocycles. The van der Waals surface area contributed by atoms with Crippen molar-refractivity contribution in [2.75, 3.05) is 33.2 Å². The first-order valence-electron chi connectivity index (χ1n) is 9.55.